The number of aliphatic hydroxyl groups is 1. The number of sulfonamides is 1. The van der Waals surface area contributed by atoms with Crippen LogP contribution < -0.4 is 5.14 Å². The fourth-order valence-electron chi connectivity index (χ4n) is 3.54. The van der Waals surface area contributed by atoms with Crippen molar-refractivity contribution in [1.29, 1.82) is 0 Å². The van der Waals surface area contributed by atoms with E-state index in [-0.39, 0.29) is 22.7 Å². The van der Waals surface area contributed by atoms with Gasteiger partial charge in [0.15, 0.2) is 0 Å². The number of hydrogen-bond acceptors (Lipinski definition) is 4. The molecule has 158 valence electrons. The van der Waals surface area contributed by atoms with E-state index >= 15 is 0 Å². The van der Waals surface area contributed by atoms with Crippen LogP contribution in [0.15, 0.2) is 0 Å². The van der Waals surface area contributed by atoms with Crippen molar-refractivity contribution in [2.24, 2.45) is 16.0 Å². The lowest BCUT2D eigenvalue weighted by Gasteiger charge is -2.30. The number of nitrogens with two attached hydrogens (primary N) is 1. The molecule has 0 aromatic rings. The topological polar surface area (TPSA) is 89.6 Å². The van der Waals surface area contributed by atoms with Crippen molar-refractivity contribution >= 4 is 10.0 Å². The van der Waals surface area contributed by atoms with Crippen LogP contribution in [0.5, 0.6) is 0 Å². The van der Waals surface area contributed by atoms with E-state index in [0.717, 1.165) is 51.4 Å². The first-order valence-electron chi connectivity index (χ1n) is 10.3. The highest BCUT2D eigenvalue weighted by Gasteiger charge is 2.30. The quantitative estimate of drug-likeness (QED) is 0.384. The molecular weight excluding hydrogens is 350 g/mol. The largest absolute Gasteiger partial charge is 0.393 e. The van der Waals surface area contributed by atoms with Crippen LogP contribution in [0.3, 0.4) is 0 Å². The Labute approximate surface area is 162 Å². The Balaban J connectivity index is 4.02. The first-order valence-corrected chi connectivity index (χ1v) is 12.0. The van der Waals surface area contributed by atoms with Gasteiger partial charge < -0.3 is 9.84 Å². The highest BCUT2D eigenvalue weighted by Crippen LogP contribution is 2.34. The molecular formula is C20H43NO4S. The van der Waals surface area contributed by atoms with E-state index in [1.54, 1.807) is 0 Å². The minimum atomic E-state index is -3.45. The summed E-state index contributed by atoms with van der Waals surface area (Å²) >= 11 is 0. The predicted octanol–water partition coefficient (Wildman–Crippen LogP) is 4.24. The summed E-state index contributed by atoms with van der Waals surface area (Å²) in [5.74, 6) is 0.0632. The Kier molecular flexibility index (Phi) is 12.2. The number of hydrogen-bond donors (Lipinski definition) is 2. The maximum atomic E-state index is 11.5. The van der Waals surface area contributed by atoms with Crippen LogP contribution in [0.1, 0.15) is 92.4 Å². The first kappa shape index (κ1) is 25.8. The molecule has 5 nitrogen and oxygen atoms in total. The minimum absolute atomic E-state index is 0.0632. The molecule has 0 aliphatic heterocycles. The summed E-state index contributed by atoms with van der Waals surface area (Å²) in [6.45, 7) is 11.9. The highest BCUT2D eigenvalue weighted by atomic mass is 32.2. The summed E-state index contributed by atoms with van der Waals surface area (Å²) in [4.78, 5) is 0. The fraction of sp³-hybridized carbons (Fsp3) is 1.00. The van der Waals surface area contributed by atoms with Gasteiger partial charge in [0.2, 0.25) is 10.0 Å². The van der Waals surface area contributed by atoms with Crippen LogP contribution in [0.4, 0.5) is 0 Å². The number of aliphatic hydroxyl groups excluding tert-OH is 1. The van der Waals surface area contributed by atoms with Crippen molar-refractivity contribution in [3.63, 3.8) is 0 Å². The molecule has 0 spiro atoms. The van der Waals surface area contributed by atoms with E-state index in [2.05, 4.69) is 20.8 Å². The average molecular weight is 394 g/mol. The van der Waals surface area contributed by atoms with Gasteiger partial charge in [0.05, 0.1) is 11.9 Å². The summed E-state index contributed by atoms with van der Waals surface area (Å²) in [7, 11) is -3.45. The maximum absolute atomic E-state index is 11.5. The lowest BCUT2D eigenvalue weighted by Crippen LogP contribution is -2.33. The third kappa shape index (κ3) is 10.9. The molecule has 0 rings (SSSR count). The summed E-state index contributed by atoms with van der Waals surface area (Å²) in [5.41, 5.74) is 0.000913. The predicted molar refractivity (Wildman–Crippen MR) is 110 cm³/mol. The SMILES string of the molecule is CCC(C)(CC)CC(O)CCOCCCCC(CC)(CC)CS(N)(=O)=O. The van der Waals surface area contributed by atoms with Crippen LogP contribution >= 0.6 is 0 Å². The fourth-order valence-corrected chi connectivity index (χ4v) is 4.95. The zero-order chi connectivity index (χ0) is 20.3. The van der Waals surface area contributed by atoms with Crippen LogP contribution in [-0.4, -0.2) is 38.6 Å². The molecule has 1 unspecified atom stereocenters. The Morgan fingerprint density at radius 2 is 1.58 bits per heavy atom. The van der Waals surface area contributed by atoms with E-state index in [0.29, 0.717) is 19.6 Å². The lowest BCUT2D eigenvalue weighted by molar-refractivity contribution is 0.0503. The molecule has 0 heterocycles. The maximum Gasteiger partial charge on any atom is 0.209 e. The summed E-state index contributed by atoms with van der Waals surface area (Å²) in [6.07, 6.45) is 7.69. The molecule has 0 bridgehead atoms. The number of primary sulfonamides is 1. The van der Waals surface area contributed by atoms with Gasteiger partial charge in [0.25, 0.3) is 0 Å². The van der Waals surface area contributed by atoms with Crippen molar-refractivity contribution in [3.8, 4) is 0 Å². The summed E-state index contributed by atoms with van der Waals surface area (Å²) in [6, 6.07) is 0. The lowest BCUT2D eigenvalue weighted by atomic mass is 9.79. The number of ether oxygens (including phenoxy) is 1. The summed E-state index contributed by atoms with van der Waals surface area (Å²) in [5, 5.41) is 15.4. The Hall–Kier alpha value is -0.170. The van der Waals surface area contributed by atoms with Crippen molar-refractivity contribution in [2.45, 2.75) is 98.5 Å². The third-order valence-electron chi connectivity index (χ3n) is 6.28. The van der Waals surface area contributed by atoms with E-state index in [9.17, 15) is 13.5 Å². The van der Waals surface area contributed by atoms with E-state index < -0.39 is 10.0 Å². The van der Waals surface area contributed by atoms with Crippen LogP contribution in [0.25, 0.3) is 0 Å². The van der Waals surface area contributed by atoms with Gasteiger partial charge in [-0.2, -0.15) is 0 Å². The second-order valence-electron chi connectivity index (χ2n) is 8.25. The molecule has 0 amide bonds. The molecule has 0 saturated heterocycles. The number of rotatable bonds is 16. The Morgan fingerprint density at radius 1 is 1.00 bits per heavy atom. The van der Waals surface area contributed by atoms with Gasteiger partial charge in [0.1, 0.15) is 0 Å². The van der Waals surface area contributed by atoms with Crippen molar-refractivity contribution in [2.75, 3.05) is 19.0 Å². The third-order valence-corrected chi connectivity index (χ3v) is 7.30. The standard InChI is InChI=1S/C20H43NO4S/c1-6-19(5,7-2)16-18(22)12-15-25-14-11-10-13-20(8-3,9-4)17-26(21,23)24/h18,22H,6-17H2,1-5H3,(H2,21,23,24). The van der Waals surface area contributed by atoms with E-state index in [4.69, 9.17) is 9.88 Å². The molecule has 0 aromatic carbocycles. The monoisotopic (exact) mass is 393 g/mol. The molecule has 0 aromatic heterocycles. The molecule has 0 aliphatic carbocycles. The Bertz CT molecular complexity index is 456. The van der Waals surface area contributed by atoms with E-state index in [1.807, 2.05) is 13.8 Å². The molecule has 1 atom stereocenters. The molecule has 0 aliphatic rings. The zero-order valence-corrected chi connectivity index (χ0v) is 18.5. The molecule has 0 radical (unpaired) electrons. The summed E-state index contributed by atoms with van der Waals surface area (Å²) < 4.78 is 28.6. The van der Waals surface area contributed by atoms with Crippen LogP contribution in [0, 0.1) is 10.8 Å². The molecule has 26 heavy (non-hydrogen) atoms. The second kappa shape index (κ2) is 12.3. The van der Waals surface area contributed by atoms with Gasteiger partial charge in [0, 0.05) is 13.2 Å². The smallest absolute Gasteiger partial charge is 0.209 e. The van der Waals surface area contributed by atoms with Gasteiger partial charge in [-0.1, -0.05) is 53.9 Å². The molecule has 3 N–H and O–H groups in total. The number of unbranched alkanes of at least 4 members (excludes halogenated alkanes) is 1. The average Bonchev–Trinajstić information content (AvgIpc) is 2.58. The van der Waals surface area contributed by atoms with E-state index in [1.165, 1.54) is 0 Å². The zero-order valence-electron chi connectivity index (χ0n) is 17.7. The van der Waals surface area contributed by atoms with Crippen LogP contribution in [-0.2, 0) is 14.8 Å². The van der Waals surface area contributed by atoms with Crippen molar-refractivity contribution in [3.05, 3.63) is 0 Å². The van der Waals surface area contributed by atoms with Gasteiger partial charge in [-0.05, 0) is 49.4 Å². The molecule has 0 saturated carbocycles. The van der Waals surface area contributed by atoms with Gasteiger partial charge in [-0.25, -0.2) is 13.6 Å². The second-order valence-corrected chi connectivity index (χ2v) is 9.86. The van der Waals surface area contributed by atoms with Crippen molar-refractivity contribution in [1.82, 2.24) is 0 Å². The molecule has 6 heteroatoms. The minimum Gasteiger partial charge on any atom is -0.393 e. The normalized spacial score (nSPS) is 14.6. The van der Waals surface area contributed by atoms with Crippen LogP contribution in [0.2, 0.25) is 0 Å². The molecule has 0 fully saturated rings. The highest BCUT2D eigenvalue weighted by molar-refractivity contribution is 7.89. The Morgan fingerprint density at radius 3 is 2.04 bits per heavy atom. The van der Waals surface area contributed by atoms with Crippen molar-refractivity contribution < 1.29 is 18.3 Å². The van der Waals surface area contributed by atoms with Gasteiger partial charge in [-0.15, -0.1) is 0 Å². The van der Waals surface area contributed by atoms with Gasteiger partial charge in [-0.3, -0.25) is 0 Å². The van der Waals surface area contributed by atoms with Gasteiger partial charge >= 0.3 is 0 Å². The first-order chi connectivity index (χ1) is 12.1.